The molecule has 11 heteroatoms. The van der Waals surface area contributed by atoms with Crippen LogP contribution in [0.1, 0.15) is 28.4 Å². The molecule has 1 amide bonds. The number of hydrogen-bond acceptors (Lipinski definition) is 3. The quantitative estimate of drug-likeness (QED) is 0.619. The van der Waals surface area contributed by atoms with E-state index in [1.165, 1.54) is 23.3 Å². The van der Waals surface area contributed by atoms with E-state index in [0.29, 0.717) is 0 Å². The molecule has 158 valence electrons. The van der Waals surface area contributed by atoms with E-state index in [-0.39, 0.29) is 12.1 Å². The van der Waals surface area contributed by atoms with Crippen LogP contribution >= 0.6 is 0 Å². The topological polar surface area (TPSA) is 59.8 Å². The van der Waals surface area contributed by atoms with Gasteiger partial charge in [0, 0.05) is 18.6 Å². The summed E-state index contributed by atoms with van der Waals surface area (Å²) in [6.45, 7) is -0.245. The Kier molecular flexibility index (Phi) is 5.81. The minimum Gasteiger partial charge on any atom is -0.342 e. The van der Waals surface area contributed by atoms with Gasteiger partial charge in [0.2, 0.25) is 5.91 Å². The van der Waals surface area contributed by atoms with Crippen LogP contribution in [0.5, 0.6) is 0 Å². The molecule has 0 fully saturated rings. The second kappa shape index (κ2) is 8.17. The highest BCUT2D eigenvalue weighted by molar-refractivity contribution is 5.76. The van der Waals surface area contributed by atoms with Crippen LogP contribution in [0.15, 0.2) is 61.3 Å². The molecule has 1 unspecified atom stereocenters. The number of amides is 1. The molecule has 0 saturated carbocycles. The molecule has 5 nitrogen and oxygen atoms in total. The van der Waals surface area contributed by atoms with Crippen molar-refractivity contribution in [2.24, 2.45) is 0 Å². The number of pyridine rings is 1. The van der Waals surface area contributed by atoms with Crippen LogP contribution in [0.4, 0.5) is 26.3 Å². The monoisotopic (exact) mass is 428 g/mol. The fourth-order valence-electron chi connectivity index (χ4n) is 2.81. The van der Waals surface area contributed by atoms with Gasteiger partial charge in [0.05, 0.1) is 29.2 Å². The number of alkyl halides is 6. The lowest BCUT2D eigenvalue weighted by atomic mass is 9.97. The zero-order valence-electron chi connectivity index (χ0n) is 15.1. The molecule has 1 N–H and O–H groups in total. The maximum Gasteiger partial charge on any atom is 0.418 e. The third kappa shape index (κ3) is 4.97. The van der Waals surface area contributed by atoms with Gasteiger partial charge in [0.15, 0.2) is 0 Å². The lowest BCUT2D eigenvalue weighted by Crippen LogP contribution is -2.33. The van der Waals surface area contributed by atoms with E-state index >= 15 is 0 Å². The SMILES string of the molecule is O=C(Cn1ccnc1)NC(c1ccc(C(F)(F)F)cc1)c1ncccc1C(F)(F)F. The summed E-state index contributed by atoms with van der Waals surface area (Å²) in [5, 5.41) is 2.43. The van der Waals surface area contributed by atoms with Crippen LogP contribution in [-0.4, -0.2) is 20.4 Å². The number of benzene rings is 1. The maximum absolute atomic E-state index is 13.5. The third-order valence-corrected chi connectivity index (χ3v) is 4.18. The number of carbonyl (C=O) groups excluding carboxylic acids is 1. The molecule has 0 aliphatic rings. The first-order valence-electron chi connectivity index (χ1n) is 8.50. The van der Waals surface area contributed by atoms with Gasteiger partial charge in [-0.05, 0) is 29.8 Å². The summed E-state index contributed by atoms with van der Waals surface area (Å²) < 4.78 is 80.4. The Hall–Kier alpha value is -3.37. The smallest absolute Gasteiger partial charge is 0.342 e. The molecule has 30 heavy (non-hydrogen) atoms. The molecule has 0 saturated heterocycles. The zero-order chi connectivity index (χ0) is 21.9. The number of aromatic nitrogens is 3. The van der Waals surface area contributed by atoms with Gasteiger partial charge < -0.3 is 9.88 Å². The van der Waals surface area contributed by atoms with Crippen LogP contribution in [-0.2, 0) is 23.7 Å². The van der Waals surface area contributed by atoms with Gasteiger partial charge in [0.1, 0.15) is 6.54 Å². The summed E-state index contributed by atoms with van der Waals surface area (Å²) >= 11 is 0. The lowest BCUT2D eigenvalue weighted by molar-refractivity contribution is -0.139. The van der Waals surface area contributed by atoms with E-state index in [1.807, 2.05) is 0 Å². The van der Waals surface area contributed by atoms with Gasteiger partial charge in [0.25, 0.3) is 0 Å². The Labute approximate surface area is 166 Å². The van der Waals surface area contributed by atoms with Gasteiger partial charge in [-0.1, -0.05) is 12.1 Å². The normalized spacial score (nSPS) is 13.1. The van der Waals surface area contributed by atoms with E-state index in [1.54, 1.807) is 0 Å². The summed E-state index contributed by atoms with van der Waals surface area (Å²) in [7, 11) is 0. The molecular weight excluding hydrogens is 414 g/mol. The fraction of sp³-hybridized carbons (Fsp3) is 0.211. The Bertz CT molecular complexity index is 997. The Morgan fingerprint density at radius 1 is 1.00 bits per heavy atom. The largest absolute Gasteiger partial charge is 0.418 e. The Balaban J connectivity index is 2.00. The molecule has 0 aliphatic heterocycles. The van der Waals surface area contributed by atoms with E-state index in [0.717, 1.165) is 42.6 Å². The molecule has 0 spiro atoms. The number of nitrogens with zero attached hydrogens (tertiary/aromatic N) is 3. The van der Waals surface area contributed by atoms with Gasteiger partial charge in [-0.2, -0.15) is 26.3 Å². The van der Waals surface area contributed by atoms with Crippen molar-refractivity contribution in [1.82, 2.24) is 19.9 Å². The van der Waals surface area contributed by atoms with Crippen molar-refractivity contribution >= 4 is 5.91 Å². The van der Waals surface area contributed by atoms with Crippen LogP contribution in [0, 0.1) is 0 Å². The number of rotatable bonds is 5. The second-order valence-corrected chi connectivity index (χ2v) is 6.29. The van der Waals surface area contributed by atoms with Gasteiger partial charge in [-0.25, -0.2) is 4.98 Å². The lowest BCUT2D eigenvalue weighted by Gasteiger charge is -2.23. The highest BCUT2D eigenvalue weighted by atomic mass is 19.4. The maximum atomic E-state index is 13.5. The first-order chi connectivity index (χ1) is 14.1. The molecule has 2 aromatic heterocycles. The zero-order valence-corrected chi connectivity index (χ0v) is 15.1. The van der Waals surface area contributed by atoms with Crippen molar-refractivity contribution in [3.05, 3.63) is 83.7 Å². The van der Waals surface area contributed by atoms with Gasteiger partial charge in [-0.15, -0.1) is 0 Å². The summed E-state index contributed by atoms with van der Waals surface area (Å²) in [6.07, 6.45) is -4.03. The summed E-state index contributed by atoms with van der Waals surface area (Å²) in [5.74, 6) is -0.670. The van der Waals surface area contributed by atoms with Crippen molar-refractivity contribution < 1.29 is 31.1 Å². The molecule has 3 aromatic rings. The molecular formula is C19H14F6N4O. The van der Waals surface area contributed by atoms with Crippen molar-refractivity contribution in [2.45, 2.75) is 24.9 Å². The second-order valence-electron chi connectivity index (χ2n) is 6.29. The number of carbonyl (C=O) groups is 1. The highest BCUT2D eigenvalue weighted by Gasteiger charge is 2.37. The third-order valence-electron chi connectivity index (χ3n) is 4.18. The van der Waals surface area contributed by atoms with E-state index < -0.39 is 41.1 Å². The molecule has 0 radical (unpaired) electrons. The van der Waals surface area contributed by atoms with E-state index in [4.69, 9.17) is 0 Å². The minimum absolute atomic E-state index is 0.0196. The van der Waals surface area contributed by atoms with Crippen LogP contribution in [0.25, 0.3) is 0 Å². The number of nitrogens with one attached hydrogen (secondary N) is 1. The molecule has 0 bridgehead atoms. The summed E-state index contributed by atoms with van der Waals surface area (Å²) in [5.41, 5.74) is -2.57. The predicted octanol–water partition coefficient (Wildman–Crippen LogP) is 4.22. The van der Waals surface area contributed by atoms with Crippen molar-refractivity contribution in [3.8, 4) is 0 Å². The van der Waals surface area contributed by atoms with Crippen LogP contribution in [0.2, 0.25) is 0 Å². The molecule has 0 aliphatic carbocycles. The Morgan fingerprint density at radius 2 is 1.70 bits per heavy atom. The first-order valence-corrected chi connectivity index (χ1v) is 8.50. The average Bonchev–Trinajstić information content (AvgIpc) is 3.18. The minimum atomic E-state index is -4.77. The fourth-order valence-corrected chi connectivity index (χ4v) is 2.81. The van der Waals surface area contributed by atoms with Gasteiger partial charge >= 0.3 is 12.4 Å². The van der Waals surface area contributed by atoms with Crippen molar-refractivity contribution in [2.75, 3.05) is 0 Å². The summed E-state index contributed by atoms with van der Waals surface area (Å²) in [4.78, 5) is 19.9. The summed E-state index contributed by atoms with van der Waals surface area (Å²) in [6, 6.07) is 3.96. The van der Waals surface area contributed by atoms with Crippen LogP contribution < -0.4 is 5.32 Å². The molecule has 1 atom stereocenters. The molecule has 1 aromatic carbocycles. The van der Waals surface area contributed by atoms with E-state index in [2.05, 4.69) is 15.3 Å². The van der Waals surface area contributed by atoms with Crippen LogP contribution in [0.3, 0.4) is 0 Å². The number of hydrogen-bond donors (Lipinski definition) is 1. The van der Waals surface area contributed by atoms with Crippen molar-refractivity contribution in [3.63, 3.8) is 0 Å². The van der Waals surface area contributed by atoms with Gasteiger partial charge in [-0.3, -0.25) is 9.78 Å². The standard InChI is InChI=1S/C19H14F6N4O/c20-18(21,22)13-5-3-12(4-6-13)16(28-15(30)10-29-9-8-26-11-29)17-14(19(23,24)25)2-1-7-27-17/h1-9,11,16H,10H2,(H,28,30). The predicted molar refractivity (Wildman–Crippen MR) is 92.9 cm³/mol. The number of halogens is 6. The molecule has 2 heterocycles. The Morgan fingerprint density at radius 3 is 2.27 bits per heavy atom. The first kappa shape index (κ1) is 21.3. The van der Waals surface area contributed by atoms with Crippen molar-refractivity contribution in [1.29, 1.82) is 0 Å². The average molecular weight is 428 g/mol. The van der Waals surface area contributed by atoms with E-state index in [9.17, 15) is 31.1 Å². The molecule has 3 rings (SSSR count). The number of imidazole rings is 1. The highest BCUT2D eigenvalue weighted by Crippen LogP contribution is 2.36.